The molecule has 1 heterocycles. The first-order chi connectivity index (χ1) is 6.43. The lowest BCUT2D eigenvalue weighted by molar-refractivity contribution is 0.387. The van der Waals surface area contributed by atoms with Crippen molar-refractivity contribution in [3.8, 4) is 0 Å². The molecule has 0 aliphatic carbocycles. The van der Waals surface area contributed by atoms with Crippen molar-refractivity contribution in [2.75, 3.05) is 0 Å². The van der Waals surface area contributed by atoms with Crippen molar-refractivity contribution in [3.05, 3.63) is 0 Å². The third-order valence-corrected chi connectivity index (χ3v) is 2.30. The predicted molar refractivity (Wildman–Crippen MR) is 60.2 cm³/mol. The standard InChI is InChI=1S/C9H17ClN4/c1-5(2)7-12-8(6(3)4)14(11)9(10)13-7/h5-6,9H,11H2,1-4H3. The third kappa shape index (κ3) is 2.25. The highest BCUT2D eigenvalue weighted by molar-refractivity contribution is 6.22. The average Bonchev–Trinajstić information content (AvgIpc) is 2.08. The van der Waals surface area contributed by atoms with E-state index in [1.54, 1.807) is 0 Å². The second-order valence-corrected chi connectivity index (χ2v) is 4.37. The molecule has 0 radical (unpaired) electrons. The van der Waals surface area contributed by atoms with Gasteiger partial charge >= 0.3 is 0 Å². The molecule has 0 amide bonds. The number of hydrogen-bond donors (Lipinski definition) is 1. The fourth-order valence-corrected chi connectivity index (χ4v) is 1.39. The molecule has 80 valence electrons. The number of aliphatic imine (C=N–C) groups is 2. The van der Waals surface area contributed by atoms with Gasteiger partial charge in [-0.25, -0.2) is 15.8 Å². The van der Waals surface area contributed by atoms with E-state index in [2.05, 4.69) is 9.98 Å². The van der Waals surface area contributed by atoms with Crippen LogP contribution in [0, 0.1) is 11.8 Å². The van der Waals surface area contributed by atoms with Crippen molar-refractivity contribution in [1.29, 1.82) is 0 Å². The number of nitrogens with zero attached hydrogens (tertiary/aromatic N) is 3. The van der Waals surface area contributed by atoms with E-state index in [1.807, 2.05) is 27.7 Å². The van der Waals surface area contributed by atoms with Crippen LogP contribution in [-0.2, 0) is 0 Å². The van der Waals surface area contributed by atoms with Crippen LogP contribution in [0.25, 0.3) is 0 Å². The van der Waals surface area contributed by atoms with E-state index >= 15 is 0 Å². The molecule has 0 aromatic heterocycles. The lowest BCUT2D eigenvalue weighted by atomic mass is 10.1. The highest BCUT2D eigenvalue weighted by atomic mass is 35.5. The number of nitrogens with two attached hydrogens (primary N) is 1. The van der Waals surface area contributed by atoms with Gasteiger partial charge in [0, 0.05) is 11.8 Å². The number of rotatable bonds is 2. The molecule has 1 rings (SSSR count). The first kappa shape index (κ1) is 11.5. The molecule has 0 saturated carbocycles. The van der Waals surface area contributed by atoms with Crippen LogP contribution in [0.2, 0.25) is 0 Å². The number of hydrogen-bond acceptors (Lipinski definition) is 4. The van der Waals surface area contributed by atoms with Gasteiger partial charge in [0.25, 0.3) is 0 Å². The Kier molecular flexibility index (Phi) is 3.50. The first-order valence-corrected chi connectivity index (χ1v) is 5.21. The van der Waals surface area contributed by atoms with Gasteiger partial charge < -0.3 is 0 Å². The quantitative estimate of drug-likeness (QED) is 0.435. The third-order valence-electron chi connectivity index (χ3n) is 1.99. The minimum atomic E-state index is -0.526. The summed E-state index contributed by atoms with van der Waals surface area (Å²) >= 11 is 5.98. The first-order valence-electron chi connectivity index (χ1n) is 4.77. The molecule has 0 aromatic carbocycles. The van der Waals surface area contributed by atoms with Crippen molar-refractivity contribution in [2.24, 2.45) is 27.7 Å². The molecular formula is C9H17ClN4. The van der Waals surface area contributed by atoms with Crippen molar-refractivity contribution in [2.45, 2.75) is 33.3 Å². The minimum Gasteiger partial charge on any atom is -0.259 e. The van der Waals surface area contributed by atoms with Gasteiger partial charge in [-0.05, 0) is 0 Å². The van der Waals surface area contributed by atoms with Crippen molar-refractivity contribution >= 4 is 23.3 Å². The van der Waals surface area contributed by atoms with Crippen LogP contribution in [-0.4, -0.2) is 22.3 Å². The zero-order chi connectivity index (χ0) is 10.9. The SMILES string of the molecule is CC(C)C1=NC(Cl)N(N)C(C(C)C)=N1. The maximum absolute atomic E-state index is 5.98. The molecule has 1 atom stereocenters. The number of amidine groups is 2. The van der Waals surface area contributed by atoms with E-state index in [4.69, 9.17) is 17.4 Å². The van der Waals surface area contributed by atoms with Crippen LogP contribution >= 0.6 is 11.6 Å². The Balaban J connectivity index is 2.98. The Morgan fingerprint density at radius 2 is 1.86 bits per heavy atom. The zero-order valence-electron chi connectivity index (χ0n) is 9.03. The van der Waals surface area contributed by atoms with Gasteiger partial charge in [0.1, 0.15) is 11.7 Å². The summed E-state index contributed by atoms with van der Waals surface area (Å²) in [5, 5.41) is 1.41. The van der Waals surface area contributed by atoms with Crippen LogP contribution in [0.5, 0.6) is 0 Å². The monoisotopic (exact) mass is 216 g/mol. The van der Waals surface area contributed by atoms with Gasteiger partial charge in [0.15, 0.2) is 0 Å². The maximum Gasteiger partial charge on any atom is 0.213 e. The van der Waals surface area contributed by atoms with Crippen molar-refractivity contribution in [1.82, 2.24) is 5.01 Å². The Hall–Kier alpha value is -0.610. The Bertz CT molecular complexity index is 270. The summed E-state index contributed by atoms with van der Waals surface area (Å²) in [6.07, 6.45) is 0. The second-order valence-electron chi connectivity index (χ2n) is 3.98. The lowest BCUT2D eigenvalue weighted by Gasteiger charge is -2.29. The Morgan fingerprint density at radius 1 is 1.29 bits per heavy atom. The second kappa shape index (κ2) is 4.28. The largest absolute Gasteiger partial charge is 0.259 e. The molecule has 1 aliphatic heterocycles. The molecular weight excluding hydrogens is 200 g/mol. The van der Waals surface area contributed by atoms with Gasteiger partial charge in [-0.2, -0.15) is 0 Å². The number of hydrazine groups is 1. The molecule has 14 heavy (non-hydrogen) atoms. The van der Waals surface area contributed by atoms with E-state index in [9.17, 15) is 0 Å². The summed E-state index contributed by atoms with van der Waals surface area (Å²) in [6.45, 7) is 8.14. The molecule has 0 aromatic rings. The fraction of sp³-hybridized carbons (Fsp3) is 0.778. The van der Waals surface area contributed by atoms with Gasteiger partial charge in [-0.15, -0.1) is 0 Å². The van der Waals surface area contributed by atoms with Crippen LogP contribution in [0.1, 0.15) is 27.7 Å². The Morgan fingerprint density at radius 3 is 2.29 bits per heavy atom. The topological polar surface area (TPSA) is 54.0 Å². The van der Waals surface area contributed by atoms with Crippen molar-refractivity contribution in [3.63, 3.8) is 0 Å². The Labute approximate surface area is 89.8 Å². The lowest BCUT2D eigenvalue weighted by Crippen LogP contribution is -2.47. The number of alkyl halides is 1. The van der Waals surface area contributed by atoms with Gasteiger partial charge in [-0.1, -0.05) is 39.3 Å². The van der Waals surface area contributed by atoms with Crippen LogP contribution in [0.4, 0.5) is 0 Å². The molecule has 2 N–H and O–H groups in total. The molecule has 0 saturated heterocycles. The zero-order valence-corrected chi connectivity index (χ0v) is 9.78. The normalized spacial score (nSPS) is 22.9. The van der Waals surface area contributed by atoms with Gasteiger partial charge in [-0.3, -0.25) is 5.01 Å². The highest BCUT2D eigenvalue weighted by Gasteiger charge is 2.24. The average molecular weight is 217 g/mol. The molecule has 5 heteroatoms. The van der Waals surface area contributed by atoms with E-state index < -0.39 is 5.62 Å². The summed E-state index contributed by atoms with van der Waals surface area (Å²) in [5.74, 6) is 7.85. The maximum atomic E-state index is 5.98. The molecule has 1 aliphatic rings. The van der Waals surface area contributed by atoms with E-state index in [0.717, 1.165) is 11.7 Å². The molecule has 0 fully saturated rings. The van der Waals surface area contributed by atoms with Gasteiger partial charge in [0.05, 0.1) is 0 Å². The summed E-state index contributed by atoms with van der Waals surface area (Å²) in [7, 11) is 0. The summed E-state index contributed by atoms with van der Waals surface area (Å²) in [6, 6.07) is 0. The molecule has 4 nitrogen and oxygen atoms in total. The van der Waals surface area contributed by atoms with Crippen LogP contribution in [0.15, 0.2) is 9.98 Å². The van der Waals surface area contributed by atoms with Crippen LogP contribution < -0.4 is 5.84 Å². The van der Waals surface area contributed by atoms with Crippen molar-refractivity contribution < 1.29 is 0 Å². The highest BCUT2D eigenvalue weighted by Crippen LogP contribution is 2.17. The van der Waals surface area contributed by atoms with E-state index in [1.165, 1.54) is 5.01 Å². The van der Waals surface area contributed by atoms with Crippen LogP contribution in [0.3, 0.4) is 0 Å². The van der Waals surface area contributed by atoms with Gasteiger partial charge in [0.2, 0.25) is 5.62 Å². The molecule has 1 unspecified atom stereocenters. The fourth-order valence-electron chi connectivity index (χ4n) is 1.19. The number of halogens is 1. The predicted octanol–water partition coefficient (Wildman–Crippen LogP) is 1.81. The molecule has 0 bridgehead atoms. The van der Waals surface area contributed by atoms with E-state index in [-0.39, 0.29) is 11.8 Å². The smallest absolute Gasteiger partial charge is 0.213 e. The van der Waals surface area contributed by atoms with E-state index in [0.29, 0.717) is 0 Å². The minimum absolute atomic E-state index is 0.255. The summed E-state index contributed by atoms with van der Waals surface area (Å²) < 4.78 is 0. The summed E-state index contributed by atoms with van der Waals surface area (Å²) in [4.78, 5) is 8.59. The summed E-state index contributed by atoms with van der Waals surface area (Å²) in [5.41, 5.74) is -0.526. The molecule has 0 spiro atoms.